The lowest BCUT2D eigenvalue weighted by Gasteiger charge is -2.12. The van der Waals surface area contributed by atoms with Gasteiger partial charge in [-0.1, -0.05) is 17.7 Å². The van der Waals surface area contributed by atoms with Crippen molar-refractivity contribution in [2.45, 2.75) is 19.9 Å². The van der Waals surface area contributed by atoms with Gasteiger partial charge in [-0.05, 0) is 25.5 Å². The van der Waals surface area contributed by atoms with Crippen molar-refractivity contribution < 1.29 is 9.84 Å². The Balaban J connectivity index is 2.59. The molecular weight excluding hydrogens is 178 g/mol. The highest BCUT2D eigenvalue weighted by atomic mass is 16.5. The summed E-state index contributed by atoms with van der Waals surface area (Å²) < 4.78 is 5.46. The minimum Gasteiger partial charge on any atom is -0.492 e. The maximum absolute atomic E-state index is 8.72. The Labute approximate surface area is 84.5 Å². The Morgan fingerprint density at radius 3 is 2.71 bits per heavy atom. The van der Waals surface area contributed by atoms with Gasteiger partial charge in [0.15, 0.2) is 0 Å². The molecule has 1 aromatic rings. The summed E-state index contributed by atoms with van der Waals surface area (Å²) in [5.41, 5.74) is 7.83. The Morgan fingerprint density at radius 2 is 2.14 bits per heavy atom. The summed E-state index contributed by atoms with van der Waals surface area (Å²) in [5.74, 6) is 0.833. The third kappa shape index (κ3) is 3.01. The van der Waals surface area contributed by atoms with Gasteiger partial charge in [0.2, 0.25) is 0 Å². The van der Waals surface area contributed by atoms with Crippen molar-refractivity contribution in [3.8, 4) is 5.75 Å². The molecule has 1 atom stereocenters. The predicted molar refractivity (Wildman–Crippen MR) is 56.5 cm³/mol. The zero-order valence-corrected chi connectivity index (χ0v) is 8.66. The standard InChI is InChI=1S/C11H17NO2/c1-8-3-4-11(9(2)5-8)14-7-10(12)6-13/h3-5,10,13H,6-7,12H2,1-2H3. The smallest absolute Gasteiger partial charge is 0.122 e. The molecule has 0 spiro atoms. The SMILES string of the molecule is Cc1ccc(OCC(N)CO)c(C)c1. The van der Waals surface area contributed by atoms with Crippen LogP contribution in [-0.2, 0) is 0 Å². The molecule has 0 aliphatic rings. The number of benzene rings is 1. The fraction of sp³-hybridized carbons (Fsp3) is 0.455. The number of rotatable bonds is 4. The number of aliphatic hydroxyl groups is 1. The average Bonchev–Trinajstić information content (AvgIpc) is 2.16. The maximum Gasteiger partial charge on any atom is 0.122 e. The molecule has 0 fully saturated rings. The second-order valence-electron chi connectivity index (χ2n) is 3.52. The van der Waals surface area contributed by atoms with Crippen molar-refractivity contribution in [2.75, 3.05) is 13.2 Å². The van der Waals surface area contributed by atoms with E-state index in [-0.39, 0.29) is 12.6 Å². The quantitative estimate of drug-likeness (QED) is 0.753. The number of hydrogen-bond acceptors (Lipinski definition) is 3. The molecule has 0 radical (unpaired) electrons. The Hall–Kier alpha value is -1.06. The van der Waals surface area contributed by atoms with Crippen LogP contribution >= 0.6 is 0 Å². The molecule has 0 saturated carbocycles. The largest absolute Gasteiger partial charge is 0.492 e. The molecule has 3 heteroatoms. The molecule has 0 amide bonds. The fourth-order valence-corrected chi connectivity index (χ4v) is 1.21. The van der Waals surface area contributed by atoms with Crippen LogP contribution in [0.2, 0.25) is 0 Å². The van der Waals surface area contributed by atoms with Crippen molar-refractivity contribution in [2.24, 2.45) is 5.73 Å². The van der Waals surface area contributed by atoms with Gasteiger partial charge in [0, 0.05) is 0 Å². The van der Waals surface area contributed by atoms with Crippen LogP contribution in [0.4, 0.5) is 0 Å². The summed E-state index contributed by atoms with van der Waals surface area (Å²) in [4.78, 5) is 0. The minimum atomic E-state index is -0.310. The molecule has 78 valence electrons. The maximum atomic E-state index is 8.72. The van der Waals surface area contributed by atoms with Crippen molar-refractivity contribution in [1.82, 2.24) is 0 Å². The van der Waals surface area contributed by atoms with E-state index in [0.717, 1.165) is 11.3 Å². The second-order valence-corrected chi connectivity index (χ2v) is 3.52. The van der Waals surface area contributed by atoms with Gasteiger partial charge in [0.1, 0.15) is 12.4 Å². The van der Waals surface area contributed by atoms with E-state index in [2.05, 4.69) is 6.07 Å². The van der Waals surface area contributed by atoms with Gasteiger partial charge in [-0.15, -0.1) is 0 Å². The number of ether oxygens (including phenoxy) is 1. The van der Waals surface area contributed by atoms with E-state index >= 15 is 0 Å². The molecule has 1 unspecified atom stereocenters. The van der Waals surface area contributed by atoms with E-state index in [1.165, 1.54) is 5.56 Å². The second kappa shape index (κ2) is 4.98. The van der Waals surface area contributed by atoms with E-state index in [1.54, 1.807) is 0 Å². The van der Waals surface area contributed by atoms with Crippen LogP contribution in [0.25, 0.3) is 0 Å². The first-order chi connectivity index (χ1) is 6.63. The first-order valence-electron chi connectivity index (χ1n) is 4.70. The molecule has 0 aliphatic carbocycles. The average molecular weight is 195 g/mol. The van der Waals surface area contributed by atoms with Gasteiger partial charge >= 0.3 is 0 Å². The molecule has 3 nitrogen and oxygen atoms in total. The summed E-state index contributed by atoms with van der Waals surface area (Å²) in [6.45, 7) is 4.33. The van der Waals surface area contributed by atoms with Crippen molar-refractivity contribution in [3.05, 3.63) is 29.3 Å². The van der Waals surface area contributed by atoms with Gasteiger partial charge < -0.3 is 15.6 Å². The molecular formula is C11H17NO2. The number of nitrogens with two attached hydrogens (primary N) is 1. The third-order valence-electron chi connectivity index (χ3n) is 2.02. The molecule has 0 heterocycles. The molecule has 3 N–H and O–H groups in total. The van der Waals surface area contributed by atoms with Gasteiger partial charge in [0.05, 0.1) is 12.6 Å². The van der Waals surface area contributed by atoms with Crippen molar-refractivity contribution in [3.63, 3.8) is 0 Å². The van der Waals surface area contributed by atoms with Crippen LogP contribution < -0.4 is 10.5 Å². The number of aliphatic hydroxyl groups excluding tert-OH is 1. The highest BCUT2D eigenvalue weighted by Gasteiger charge is 2.03. The molecule has 1 rings (SSSR count). The summed E-state index contributed by atoms with van der Waals surface area (Å²) in [6.07, 6.45) is 0. The molecule has 0 aromatic heterocycles. The minimum absolute atomic E-state index is 0.0507. The van der Waals surface area contributed by atoms with Gasteiger partial charge in [-0.25, -0.2) is 0 Å². The Kier molecular flexibility index (Phi) is 3.92. The lowest BCUT2D eigenvalue weighted by Crippen LogP contribution is -2.31. The monoisotopic (exact) mass is 195 g/mol. The topological polar surface area (TPSA) is 55.5 Å². The summed E-state index contributed by atoms with van der Waals surface area (Å²) >= 11 is 0. The van der Waals surface area contributed by atoms with E-state index in [0.29, 0.717) is 6.61 Å². The van der Waals surface area contributed by atoms with E-state index < -0.39 is 0 Å². The summed E-state index contributed by atoms with van der Waals surface area (Å²) in [5, 5.41) is 8.72. The van der Waals surface area contributed by atoms with Crippen LogP contribution in [0.5, 0.6) is 5.75 Å². The molecule has 1 aromatic carbocycles. The molecule has 0 saturated heterocycles. The first kappa shape index (κ1) is 11.0. The van der Waals surface area contributed by atoms with Gasteiger partial charge in [-0.2, -0.15) is 0 Å². The van der Waals surface area contributed by atoms with Crippen LogP contribution in [-0.4, -0.2) is 24.4 Å². The number of hydrogen-bond donors (Lipinski definition) is 2. The van der Waals surface area contributed by atoms with E-state index in [4.69, 9.17) is 15.6 Å². The van der Waals surface area contributed by atoms with Gasteiger partial charge in [-0.3, -0.25) is 0 Å². The predicted octanol–water partition coefficient (Wildman–Crippen LogP) is 1.00. The summed E-state index contributed by atoms with van der Waals surface area (Å²) in [7, 11) is 0. The number of aryl methyl sites for hydroxylation is 2. The van der Waals surface area contributed by atoms with Crippen molar-refractivity contribution in [1.29, 1.82) is 0 Å². The fourth-order valence-electron chi connectivity index (χ4n) is 1.21. The zero-order chi connectivity index (χ0) is 10.6. The zero-order valence-electron chi connectivity index (χ0n) is 8.66. The van der Waals surface area contributed by atoms with Crippen LogP contribution in [0.1, 0.15) is 11.1 Å². The van der Waals surface area contributed by atoms with E-state index in [9.17, 15) is 0 Å². The highest BCUT2D eigenvalue weighted by molar-refractivity contribution is 5.35. The molecule has 14 heavy (non-hydrogen) atoms. The van der Waals surface area contributed by atoms with E-state index in [1.807, 2.05) is 26.0 Å². The Bertz CT molecular complexity index is 299. The summed E-state index contributed by atoms with van der Waals surface area (Å²) in [6, 6.07) is 5.66. The highest BCUT2D eigenvalue weighted by Crippen LogP contribution is 2.18. The van der Waals surface area contributed by atoms with Crippen LogP contribution in [0.3, 0.4) is 0 Å². The van der Waals surface area contributed by atoms with Crippen molar-refractivity contribution >= 4 is 0 Å². The molecule has 0 aliphatic heterocycles. The Morgan fingerprint density at radius 1 is 1.43 bits per heavy atom. The van der Waals surface area contributed by atoms with Gasteiger partial charge in [0.25, 0.3) is 0 Å². The normalized spacial score (nSPS) is 12.6. The lowest BCUT2D eigenvalue weighted by molar-refractivity contribution is 0.206. The molecule has 0 bridgehead atoms. The van der Waals surface area contributed by atoms with Crippen LogP contribution in [0, 0.1) is 13.8 Å². The first-order valence-corrected chi connectivity index (χ1v) is 4.70. The lowest BCUT2D eigenvalue weighted by atomic mass is 10.1. The van der Waals surface area contributed by atoms with Crippen LogP contribution in [0.15, 0.2) is 18.2 Å². The third-order valence-corrected chi connectivity index (χ3v) is 2.02.